The molecular formula is C22H34F3N5O. The number of nitrogens with one attached hydrogen (secondary N) is 2. The number of amides is 1. The molecule has 31 heavy (non-hydrogen) atoms. The number of halogens is 3. The summed E-state index contributed by atoms with van der Waals surface area (Å²) in [5.74, 6) is 0.279. The molecular weight excluding hydrogens is 407 g/mol. The van der Waals surface area contributed by atoms with Gasteiger partial charge < -0.3 is 15.5 Å². The molecule has 6 nitrogen and oxygen atoms in total. The SMILES string of the molecule is CN(C)C(=O)CNC(=NCc1cccc(C(F)(F)F)c1)NCC(C)(C)N1CCCCC1. The molecule has 1 heterocycles. The average molecular weight is 442 g/mol. The first kappa shape index (κ1) is 25.0. The van der Waals surface area contributed by atoms with Crippen molar-refractivity contribution in [3.8, 4) is 0 Å². The van der Waals surface area contributed by atoms with Gasteiger partial charge in [-0.15, -0.1) is 0 Å². The molecule has 0 saturated carbocycles. The zero-order valence-corrected chi connectivity index (χ0v) is 18.9. The van der Waals surface area contributed by atoms with E-state index < -0.39 is 11.7 Å². The van der Waals surface area contributed by atoms with Gasteiger partial charge in [0, 0.05) is 26.2 Å². The maximum Gasteiger partial charge on any atom is 0.416 e. The van der Waals surface area contributed by atoms with E-state index in [9.17, 15) is 18.0 Å². The van der Waals surface area contributed by atoms with Crippen LogP contribution in [0.15, 0.2) is 29.3 Å². The van der Waals surface area contributed by atoms with Crippen LogP contribution in [0.25, 0.3) is 0 Å². The lowest BCUT2D eigenvalue weighted by molar-refractivity contribution is -0.137. The van der Waals surface area contributed by atoms with Gasteiger partial charge in [-0.2, -0.15) is 13.2 Å². The Hall–Kier alpha value is -2.29. The molecule has 1 fully saturated rings. The number of hydrogen-bond donors (Lipinski definition) is 2. The van der Waals surface area contributed by atoms with E-state index in [0.717, 1.165) is 25.2 Å². The molecule has 1 aliphatic heterocycles. The van der Waals surface area contributed by atoms with Gasteiger partial charge in [0.1, 0.15) is 0 Å². The fourth-order valence-electron chi connectivity index (χ4n) is 3.42. The van der Waals surface area contributed by atoms with Crippen LogP contribution < -0.4 is 10.6 Å². The number of rotatable bonds is 7. The molecule has 1 amide bonds. The van der Waals surface area contributed by atoms with Crippen LogP contribution >= 0.6 is 0 Å². The second-order valence-electron chi connectivity index (χ2n) is 8.72. The third kappa shape index (κ3) is 8.05. The van der Waals surface area contributed by atoms with Gasteiger partial charge in [0.05, 0.1) is 18.7 Å². The van der Waals surface area contributed by atoms with Crippen molar-refractivity contribution in [2.75, 3.05) is 40.3 Å². The number of alkyl halides is 3. The van der Waals surface area contributed by atoms with Crippen LogP contribution in [0, 0.1) is 0 Å². The molecule has 0 bridgehead atoms. The van der Waals surface area contributed by atoms with E-state index in [4.69, 9.17) is 0 Å². The van der Waals surface area contributed by atoms with Crippen LogP contribution in [0.5, 0.6) is 0 Å². The molecule has 0 radical (unpaired) electrons. The number of aliphatic imine (C=N–C) groups is 1. The van der Waals surface area contributed by atoms with Crippen LogP contribution in [0.2, 0.25) is 0 Å². The summed E-state index contributed by atoms with van der Waals surface area (Å²) in [6.45, 7) is 7.10. The number of benzene rings is 1. The van der Waals surface area contributed by atoms with E-state index in [2.05, 4.69) is 34.4 Å². The molecule has 2 rings (SSSR count). The molecule has 0 aliphatic carbocycles. The normalized spacial score (nSPS) is 16.2. The molecule has 1 aliphatic rings. The summed E-state index contributed by atoms with van der Waals surface area (Å²) in [6.07, 6.45) is -0.793. The van der Waals surface area contributed by atoms with Crippen LogP contribution in [-0.4, -0.2) is 67.5 Å². The number of guanidine groups is 1. The fraction of sp³-hybridized carbons (Fsp3) is 0.636. The van der Waals surface area contributed by atoms with Gasteiger partial charge in [0.25, 0.3) is 0 Å². The fourth-order valence-corrected chi connectivity index (χ4v) is 3.42. The molecule has 1 aromatic rings. The molecule has 0 unspecified atom stereocenters. The molecule has 0 atom stereocenters. The van der Waals surface area contributed by atoms with Crippen molar-refractivity contribution in [2.24, 2.45) is 4.99 Å². The Bertz CT molecular complexity index is 756. The number of likely N-dealkylation sites (tertiary alicyclic amines) is 1. The Balaban J connectivity index is 2.09. The predicted molar refractivity (Wildman–Crippen MR) is 117 cm³/mol. The standard InChI is InChI=1S/C22H34F3N5O/c1-21(2,30-11-6-5-7-12-30)16-28-20(27-15-19(31)29(3)4)26-14-17-9-8-10-18(13-17)22(23,24)25/h8-10,13H,5-7,11-12,14-16H2,1-4H3,(H2,26,27,28). The summed E-state index contributed by atoms with van der Waals surface area (Å²) in [5.41, 5.74) is -0.369. The van der Waals surface area contributed by atoms with Crippen molar-refractivity contribution >= 4 is 11.9 Å². The van der Waals surface area contributed by atoms with E-state index in [1.54, 1.807) is 20.2 Å². The van der Waals surface area contributed by atoms with E-state index in [0.29, 0.717) is 18.1 Å². The van der Waals surface area contributed by atoms with E-state index >= 15 is 0 Å². The zero-order chi connectivity index (χ0) is 23.1. The summed E-state index contributed by atoms with van der Waals surface area (Å²) in [6, 6.07) is 5.13. The number of piperidine rings is 1. The highest BCUT2D eigenvalue weighted by Gasteiger charge is 2.30. The van der Waals surface area contributed by atoms with Gasteiger partial charge in [-0.3, -0.25) is 9.69 Å². The Morgan fingerprint density at radius 3 is 2.42 bits per heavy atom. The van der Waals surface area contributed by atoms with Crippen molar-refractivity contribution in [3.05, 3.63) is 35.4 Å². The Morgan fingerprint density at radius 2 is 1.81 bits per heavy atom. The number of likely N-dealkylation sites (N-methyl/N-ethyl adjacent to an activating group) is 1. The zero-order valence-electron chi connectivity index (χ0n) is 18.9. The molecule has 1 saturated heterocycles. The summed E-state index contributed by atoms with van der Waals surface area (Å²) >= 11 is 0. The number of nitrogens with zero attached hydrogens (tertiary/aromatic N) is 3. The summed E-state index contributed by atoms with van der Waals surface area (Å²) in [5, 5.41) is 6.27. The van der Waals surface area contributed by atoms with Crippen molar-refractivity contribution in [3.63, 3.8) is 0 Å². The number of carbonyl (C=O) groups excluding carboxylic acids is 1. The third-order valence-corrected chi connectivity index (χ3v) is 5.48. The molecule has 9 heteroatoms. The highest BCUT2D eigenvalue weighted by Crippen LogP contribution is 2.29. The van der Waals surface area contributed by atoms with Crippen LogP contribution in [0.1, 0.15) is 44.2 Å². The highest BCUT2D eigenvalue weighted by molar-refractivity contribution is 5.86. The molecule has 0 spiro atoms. The third-order valence-electron chi connectivity index (χ3n) is 5.48. The van der Waals surface area contributed by atoms with Crippen LogP contribution in [0.3, 0.4) is 0 Å². The minimum absolute atomic E-state index is 0.0472. The molecule has 1 aromatic carbocycles. The largest absolute Gasteiger partial charge is 0.416 e. The van der Waals surface area contributed by atoms with Gasteiger partial charge in [0.15, 0.2) is 5.96 Å². The second kappa shape index (κ2) is 10.8. The van der Waals surface area contributed by atoms with Gasteiger partial charge in [-0.05, 0) is 57.5 Å². The predicted octanol–water partition coefficient (Wildman–Crippen LogP) is 3.09. The van der Waals surface area contributed by atoms with Gasteiger partial charge in [-0.25, -0.2) is 4.99 Å². The van der Waals surface area contributed by atoms with E-state index in [1.807, 2.05) is 0 Å². The topological polar surface area (TPSA) is 60.0 Å². The van der Waals surface area contributed by atoms with Crippen molar-refractivity contribution in [1.82, 2.24) is 20.4 Å². The van der Waals surface area contributed by atoms with Crippen LogP contribution in [-0.2, 0) is 17.5 Å². The minimum Gasteiger partial charge on any atom is -0.355 e. The number of carbonyl (C=O) groups is 1. The maximum atomic E-state index is 13.0. The molecule has 0 aromatic heterocycles. The van der Waals surface area contributed by atoms with Crippen LogP contribution in [0.4, 0.5) is 13.2 Å². The molecule has 174 valence electrons. The monoisotopic (exact) mass is 441 g/mol. The van der Waals surface area contributed by atoms with Crippen molar-refractivity contribution < 1.29 is 18.0 Å². The van der Waals surface area contributed by atoms with E-state index in [-0.39, 0.29) is 24.5 Å². The molecule has 2 N–H and O–H groups in total. The smallest absolute Gasteiger partial charge is 0.355 e. The quantitative estimate of drug-likeness (QED) is 0.504. The lowest BCUT2D eigenvalue weighted by atomic mass is 9.98. The van der Waals surface area contributed by atoms with Gasteiger partial charge >= 0.3 is 6.18 Å². The first-order valence-electron chi connectivity index (χ1n) is 10.6. The maximum absolute atomic E-state index is 13.0. The van der Waals surface area contributed by atoms with Gasteiger partial charge in [-0.1, -0.05) is 18.6 Å². The Morgan fingerprint density at radius 1 is 1.13 bits per heavy atom. The first-order chi connectivity index (χ1) is 14.5. The lowest BCUT2D eigenvalue weighted by Gasteiger charge is -2.41. The van der Waals surface area contributed by atoms with Crippen molar-refractivity contribution in [2.45, 2.75) is 51.4 Å². The summed E-state index contributed by atoms with van der Waals surface area (Å²) in [4.78, 5) is 20.3. The summed E-state index contributed by atoms with van der Waals surface area (Å²) < 4.78 is 38.9. The highest BCUT2D eigenvalue weighted by atomic mass is 19.4. The Labute approximate surface area is 182 Å². The number of hydrogen-bond acceptors (Lipinski definition) is 3. The first-order valence-corrected chi connectivity index (χ1v) is 10.6. The summed E-state index contributed by atoms with van der Waals surface area (Å²) in [7, 11) is 3.33. The lowest BCUT2D eigenvalue weighted by Crippen LogP contribution is -2.55. The Kier molecular flexibility index (Phi) is 8.73. The average Bonchev–Trinajstić information content (AvgIpc) is 2.73. The minimum atomic E-state index is -4.39. The van der Waals surface area contributed by atoms with Crippen molar-refractivity contribution in [1.29, 1.82) is 0 Å². The second-order valence-corrected chi connectivity index (χ2v) is 8.72. The van der Waals surface area contributed by atoms with Gasteiger partial charge in [0.2, 0.25) is 5.91 Å². The van der Waals surface area contributed by atoms with E-state index in [1.165, 1.54) is 30.2 Å².